The number of benzene rings is 1. The number of carbonyl (C=O) groups is 2. The van der Waals surface area contributed by atoms with Crippen LogP contribution in [0, 0.1) is 0 Å². The molecule has 1 saturated heterocycles. The first-order valence-corrected chi connectivity index (χ1v) is 8.92. The van der Waals surface area contributed by atoms with Crippen molar-refractivity contribution >= 4 is 18.1 Å². The van der Waals surface area contributed by atoms with E-state index < -0.39 is 0 Å². The average Bonchev–Trinajstić information content (AvgIpc) is 3.52. The summed E-state index contributed by atoms with van der Waals surface area (Å²) in [6.07, 6.45) is 2.94. The van der Waals surface area contributed by atoms with Crippen LogP contribution in [0.2, 0.25) is 0 Å². The van der Waals surface area contributed by atoms with Gasteiger partial charge < -0.3 is 15.1 Å². The van der Waals surface area contributed by atoms with E-state index in [1.54, 1.807) is 11.0 Å². The molecule has 1 aliphatic carbocycles. The summed E-state index contributed by atoms with van der Waals surface area (Å²) in [5.41, 5.74) is 1.26. The molecule has 2 amide bonds. The maximum Gasteiger partial charge on any atom is 0.270 e. The summed E-state index contributed by atoms with van der Waals surface area (Å²) in [4.78, 5) is 36.5. The van der Waals surface area contributed by atoms with Crippen LogP contribution >= 0.6 is 0 Å². The molecule has 134 valence electrons. The zero-order chi connectivity index (χ0) is 17.9. The molecule has 2 aliphatic rings. The van der Waals surface area contributed by atoms with Crippen LogP contribution in [-0.2, 0) is 4.79 Å². The van der Waals surface area contributed by atoms with E-state index in [9.17, 15) is 9.59 Å². The molecule has 1 aromatic carbocycles. The molecule has 0 spiro atoms. The first kappa shape index (κ1) is 16.5. The van der Waals surface area contributed by atoms with Gasteiger partial charge in [-0.15, -0.1) is 0 Å². The van der Waals surface area contributed by atoms with Gasteiger partial charge in [-0.05, 0) is 12.8 Å². The minimum absolute atomic E-state index is 0.153. The highest BCUT2D eigenvalue weighted by atomic mass is 16.2. The molecule has 4 rings (SSSR count). The number of hydrogen-bond donors (Lipinski definition) is 1. The Morgan fingerprint density at radius 3 is 2.46 bits per heavy atom. The molecule has 7 heteroatoms. The van der Waals surface area contributed by atoms with Gasteiger partial charge in [0.2, 0.25) is 6.41 Å². The van der Waals surface area contributed by atoms with Gasteiger partial charge in [-0.25, -0.2) is 9.97 Å². The molecule has 2 fully saturated rings. The predicted octanol–water partition coefficient (Wildman–Crippen LogP) is 1.31. The third-order valence-electron chi connectivity index (χ3n) is 4.68. The van der Waals surface area contributed by atoms with Gasteiger partial charge in [0.15, 0.2) is 5.82 Å². The number of nitrogens with zero attached hydrogens (tertiary/aromatic N) is 4. The standard InChI is InChI=1S/C19H21N5O2/c25-13-23-8-10-24(11-9-23)17-12-16(19(26)20-15-6-7-15)21-18(22-17)14-4-2-1-3-5-14/h1-5,12-13,15H,6-11H2,(H,20,26). The van der Waals surface area contributed by atoms with Crippen molar-refractivity contribution in [3.63, 3.8) is 0 Å². The fourth-order valence-corrected chi connectivity index (χ4v) is 2.97. The molecule has 1 aromatic heterocycles. The van der Waals surface area contributed by atoms with Gasteiger partial charge in [0.25, 0.3) is 5.91 Å². The Bertz CT molecular complexity index is 799. The molecule has 0 unspecified atom stereocenters. The van der Waals surface area contributed by atoms with Crippen LogP contribution in [0.15, 0.2) is 36.4 Å². The van der Waals surface area contributed by atoms with E-state index in [0.29, 0.717) is 37.7 Å². The highest BCUT2D eigenvalue weighted by Crippen LogP contribution is 2.23. The lowest BCUT2D eigenvalue weighted by molar-refractivity contribution is -0.118. The second-order valence-electron chi connectivity index (χ2n) is 6.68. The minimum atomic E-state index is -0.153. The third kappa shape index (κ3) is 3.66. The van der Waals surface area contributed by atoms with Gasteiger partial charge in [-0.2, -0.15) is 0 Å². The molecule has 2 aromatic rings. The van der Waals surface area contributed by atoms with E-state index in [-0.39, 0.29) is 11.9 Å². The molecular formula is C19H21N5O2. The van der Waals surface area contributed by atoms with Crippen molar-refractivity contribution in [2.75, 3.05) is 31.1 Å². The third-order valence-corrected chi connectivity index (χ3v) is 4.68. The van der Waals surface area contributed by atoms with E-state index in [2.05, 4.69) is 20.2 Å². The summed E-state index contributed by atoms with van der Waals surface area (Å²) in [7, 11) is 0. The van der Waals surface area contributed by atoms with Crippen molar-refractivity contribution in [1.29, 1.82) is 0 Å². The molecule has 0 atom stereocenters. The van der Waals surface area contributed by atoms with Crippen LogP contribution in [0.25, 0.3) is 11.4 Å². The first-order chi connectivity index (χ1) is 12.7. The van der Waals surface area contributed by atoms with E-state index in [4.69, 9.17) is 0 Å². The molecule has 1 N–H and O–H groups in total. The Balaban J connectivity index is 1.65. The van der Waals surface area contributed by atoms with Crippen molar-refractivity contribution in [3.05, 3.63) is 42.1 Å². The Hall–Kier alpha value is -2.96. The highest BCUT2D eigenvalue weighted by Gasteiger charge is 2.26. The number of nitrogens with one attached hydrogen (secondary N) is 1. The molecule has 7 nitrogen and oxygen atoms in total. The topological polar surface area (TPSA) is 78.4 Å². The SMILES string of the molecule is O=CN1CCN(c2cc(C(=O)NC3CC3)nc(-c3ccccc3)n2)CC1. The summed E-state index contributed by atoms with van der Waals surface area (Å²) < 4.78 is 0. The lowest BCUT2D eigenvalue weighted by Gasteiger charge is -2.33. The molecular weight excluding hydrogens is 330 g/mol. The zero-order valence-electron chi connectivity index (χ0n) is 14.5. The van der Waals surface area contributed by atoms with E-state index in [1.165, 1.54) is 0 Å². The number of hydrogen-bond acceptors (Lipinski definition) is 5. The Kier molecular flexibility index (Phi) is 4.51. The zero-order valence-corrected chi connectivity index (χ0v) is 14.5. The lowest BCUT2D eigenvalue weighted by Crippen LogP contribution is -2.46. The number of aromatic nitrogens is 2. The monoisotopic (exact) mass is 351 g/mol. The number of anilines is 1. The smallest absolute Gasteiger partial charge is 0.270 e. The summed E-state index contributed by atoms with van der Waals surface area (Å²) in [6.45, 7) is 2.68. The number of carbonyl (C=O) groups excluding carboxylic acids is 2. The summed E-state index contributed by atoms with van der Waals surface area (Å²) in [6, 6.07) is 11.7. The van der Waals surface area contributed by atoms with Gasteiger partial charge in [-0.3, -0.25) is 9.59 Å². The lowest BCUT2D eigenvalue weighted by atomic mass is 10.2. The number of piperazine rings is 1. The molecule has 26 heavy (non-hydrogen) atoms. The largest absolute Gasteiger partial charge is 0.353 e. The maximum atomic E-state index is 12.5. The van der Waals surface area contributed by atoms with Crippen LogP contribution < -0.4 is 10.2 Å². The van der Waals surface area contributed by atoms with Crippen molar-refractivity contribution in [2.45, 2.75) is 18.9 Å². The quantitative estimate of drug-likeness (QED) is 0.822. The molecule has 0 bridgehead atoms. The fraction of sp³-hybridized carbons (Fsp3) is 0.368. The maximum absolute atomic E-state index is 12.5. The summed E-state index contributed by atoms with van der Waals surface area (Å²) in [5, 5.41) is 2.99. The van der Waals surface area contributed by atoms with Crippen molar-refractivity contribution in [3.8, 4) is 11.4 Å². The Morgan fingerprint density at radius 1 is 1.08 bits per heavy atom. The second kappa shape index (κ2) is 7.11. The second-order valence-corrected chi connectivity index (χ2v) is 6.68. The van der Waals surface area contributed by atoms with Gasteiger partial charge in [0.1, 0.15) is 11.5 Å². The van der Waals surface area contributed by atoms with E-state index in [1.807, 2.05) is 30.3 Å². The van der Waals surface area contributed by atoms with Gasteiger partial charge >= 0.3 is 0 Å². The van der Waals surface area contributed by atoms with E-state index >= 15 is 0 Å². The minimum Gasteiger partial charge on any atom is -0.353 e. The van der Waals surface area contributed by atoms with Crippen LogP contribution in [0.5, 0.6) is 0 Å². The van der Waals surface area contributed by atoms with Crippen LogP contribution in [0.4, 0.5) is 5.82 Å². The Morgan fingerprint density at radius 2 is 1.81 bits per heavy atom. The van der Waals surface area contributed by atoms with Gasteiger partial charge in [0.05, 0.1) is 0 Å². The average molecular weight is 351 g/mol. The molecule has 2 heterocycles. The summed E-state index contributed by atoms with van der Waals surface area (Å²) >= 11 is 0. The van der Waals surface area contributed by atoms with Crippen LogP contribution in [0.1, 0.15) is 23.3 Å². The number of rotatable bonds is 5. The van der Waals surface area contributed by atoms with Crippen molar-refractivity contribution in [2.24, 2.45) is 0 Å². The molecule has 1 saturated carbocycles. The molecule has 0 radical (unpaired) electrons. The van der Waals surface area contributed by atoms with Crippen LogP contribution in [0.3, 0.4) is 0 Å². The fourth-order valence-electron chi connectivity index (χ4n) is 2.97. The van der Waals surface area contributed by atoms with Crippen LogP contribution in [-0.4, -0.2) is 59.4 Å². The van der Waals surface area contributed by atoms with Gasteiger partial charge in [-0.1, -0.05) is 30.3 Å². The normalized spacial score (nSPS) is 17.1. The Labute approximate surface area is 152 Å². The first-order valence-electron chi connectivity index (χ1n) is 8.92. The van der Waals surface area contributed by atoms with Crippen molar-refractivity contribution < 1.29 is 9.59 Å². The van der Waals surface area contributed by atoms with Gasteiger partial charge in [0, 0.05) is 43.9 Å². The summed E-state index contributed by atoms with van der Waals surface area (Å²) in [5.74, 6) is 1.12. The number of amides is 2. The highest BCUT2D eigenvalue weighted by molar-refractivity contribution is 5.93. The molecule has 1 aliphatic heterocycles. The predicted molar refractivity (Wildman–Crippen MR) is 97.8 cm³/mol. The van der Waals surface area contributed by atoms with Crippen molar-refractivity contribution in [1.82, 2.24) is 20.2 Å². The van der Waals surface area contributed by atoms with E-state index in [0.717, 1.165) is 30.6 Å².